The molecule has 5 nitrogen and oxygen atoms in total. The van der Waals surface area contributed by atoms with Gasteiger partial charge in [-0.05, 0) is 57.7 Å². The minimum Gasteiger partial charge on any atom is -0.348 e. The average Bonchev–Trinajstić information content (AvgIpc) is 3.15. The van der Waals surface area contributed by atoms with Gasteiger partial charge in [0.05, 0.1) is 12.1 Å². The van der Waals surface area contributed by atoms with Crippen LogP contribution in [0.25, 0.3) is 0 Å². The van der Waals surface area contributed by atoms with Crippen molar-refractivity contribution < 1.29 is 9.53 Å². The maximum absolute atomic E-state index is 12.8. The zero-order chi connectivity index (χ0) is 18.1. The number of aromatic nitrogens is 2. The second-order valence-electron chi connectivity index (χ2n) is 7.36. The first kappa shape index (κ1) is 18.0. The van der Waals surface area contributed by atoms with Gasteiger partial charge < -0.3 is 4.74 Å². The lowest BCUT2D eigenvalue weighted by molar-refractivity contribution is -0.111. The molecule has 0 N–H and O–H groups in total. The summed E-state index contributed by atoms with van der Waals surface area (Å²) in [5.41, 5.74) is 0.237. The highest BCUT2D eigenvalue weighted by molar-refractivity contribution is 6.30. The molecule has 0 aliphatic carbocycles. The highest BCUT2D eigenvalue weighted by Gasteiger charge is 2.49. The van der Waals surface area contributed by atoms with Gasteiger partial charge in [0.25, 0.3) is 0 Å². The Bertz CT molecular complexity index is 728. The van der Waals surface area contributed by atoms with Gasteiger partial charge in [-0.3, -0.25) is 9.47 Å². The van der Waals surface area contributed by atoms with Crippen LogP contribution in [-0.2, 0) is 11.2 Å². The molecule has 1 aliphatic rings. The molecule has 1 aromatic heterocycles. The zero-order valence-corrected chi connectivity index (χ0v) is 15.7. The predicted molar refractivity (Wildman–Crippen MR) is 97.7 cm³/mol. The van der Waals surface area contributed by atoms with E-state index >= 15 is 0 Å². The quantitative estimate of drug-likeness (QED) is 0.813. The Morgan fingerprint density at radius 2 is 2.00 bits per heavy atom. The summed E-state index contributed by atoms with van der Waals surface area (Å²) in [4.78, 5) is 18.6. The van der Waals surface area contributed by atoms with Gasteiger partial charge in [0, 0.05) is 17.4 Å². The summed E-state index contributed by atoms with van der Waals surface area (Å²) in [6.07, 6.45) is 7.41. The van der Waals surface area contributed by atoms with E-state index in [1.807, 2.05) is 49.9 Å². The summed E-state index contributed by atoms with van der Waals surface area (Å²) in [6.45, 7) is 6.59. The smallest absolute Gasteiger partial charge is 0.331 e. The van der Waals surface area contributed by atoms with Crippen LogP contribution < -0.4 is 0 Å². The number of hydrogen-bond acceptors (Lipinski definition) is 3. The van der Waals surface area contributed by atoms with Crippen molar-refractivity contribution in [3.63, 3.8) is 0 Å². The molecule has 1 saturated heterocycles. The van der Waals surface area contributed by atoms with Crippen molar-refractivity contribution in [1.82, 2.24) is 14.5 Å². The van der Waals surface area contributed by atoms with Gasteiger partial charge in [0.2, 0.25) is 0 Å². The number of rotatable bonds is 4. The fraction of sp³-hybridized carbons (Fsp3) is 0.474. The number of amides is 1. The minimum atomic E-state index is -0.628. The van der Waals surface area contributed by atoms with Crippen molar-refractivity contribution in [3.8, 4) is 0 Å². The van der Waals surface area contributed by atoms with E-state index in [-0.39, 0.29) is 11.6 Å². The molecule has 134 valence electrons. The molecule has 0 saturated carbocycles. The fourth-order valence-corrected chi connectivity index (χ4v) is 3.60. The lowest BCUT2D eigenvalue weighted by atomic mass is 10.0. The molecule has 25 heavy (non-hydrogen) atoms. The second-order valence-corrected chi connectivity index (χ2v) is 7.79. The number of benzene rings is 1. The number of carbonyl (C=O) groups excluding carboxylic acids is 1. The molecular formula is C19H24ClN3O2. The minimum absolute atomic E-state index is 0.0999. The Morgan fingerprint density at radius 1 is 1.28 bits per heavy atom. The SMILES string of the molecule is CC1(C)CN(C(=O)n2ccnc2)C(C)(CCCc2ccc(Cl)cc2)O1. The molecule has 0 bridgehead atoms. The summed E-state index contributed by atoms with van der Waals surface area (Å²) >= 11 is 5.93. The molecular weight excluding hydrogens is 338 g/mol. The van der Waals surface area contributed by atoms with E-state index in [1.54, 1.807) is 12.4 Å². The molecule has 1 aliphatic heterocycles. The summed E-state index contributed by atoms with van der Waals surface area (Å²) in [6, 6.07) is 7.79. The van der Waals surface area contributed by atoms with Gasteiger partial charge in [-0.25, -0.2) is 9.78 Å². The normalized spacial score (nSPS) is 22.3. The van der Waals surface area contributed by atoms with Crippen LogP contribution in [0.2, 0.25) is 5.02 Å². The van der Waals surface area contributed by atoms with Crippen LogP contribution in [-0.4, -0.2) is 38.4 Å². The molecule has 2 aromatic rings. The third-order valence-corrected chi connectivity index (χ3v) is 4.83. The van der Waals surface area contributed by atoms with Crippen LogP contribution in [0.4, 0.5) is 4.79 Å². The number of hydrogen-bond donors (Lipinski definition) is 0. The Kier molecular flexibility index (Phi) is 4.89. The predicted octanol–water partition coefficient (Wildman–Crippen LogP) is 4.35. The van der Waals surface area contributed by atoms with Crippen LogP contribution in [0.1, 0.15) is 39.2 Å². The van der Waals surface area contributed by atoms with Crippen LogP contribution in [0.15, 0.2) is 43.0 Å². The fourth-order valence-electron chi connectivity index (χ4n) is 3.47. The van der Waals surface area contributed by atoms with Gasteiger partial charge in [0.1, 0.15) is 12.1 Å². The van der Waals surface area contributed by atoms with Crippen molar-refractivity contribution >= 4 is 17.6 Å². The number of imidazole rings is 1. The molecule has 1 fully saturated rings. The van der Waals surface area contributed by atoms with Crippen LogP contribution >= 0.6 is 11.6 Å². The van der Waals surface area contributed by atoms with E-state index in [0.29, 0.717) is 6.54 Å². The van der Waals surface area contributed by atoms with Gasteiger partial charge in [-0.2, -0.15) is 0 Å². The first-order valence-electron chi connectivity index (χ1n) is 8.54. The van der Waals surface area contributed by atoms with E-state index in [2.05, 4.69) is 4.98 Å². The first-order chi connectivity index (χ1) is 11.8. The van der Waals surface area contributed by atoms with E-state index in [4.69, 9.17) is 16.3 Å². The summed E-state index contributed by atoms with van der Waals surface area (Å²) in [5, 5.41) is 0.744. The largest absolute Gasteiger partial charge is 0.348 e. The van der Waals surface area contributed by atoms with Crippen molar-refractivity contribution in [2.45, 2.75) is 51.4 Å². The topological polar surface area (TPSA) is 47.4 Å². The molecule has 0 radical (unpaired) electrons. The average molecular weight is 362 g/mol. The van der Waals surface area contributed by atoms with E-state index in [0.717, 1.165) is 24.3 Å². The summed E-state index contributed by atoms with van der Waals surface area (Å²) < 4.78 is 7.78. The van der Waals surface area contributed by atoms with Crippen molar-refractivity contribution in [2.75, 3.05) is 6.54 Å². The lowest BCUT2D eigenvalue weighted by Gasteiger charge is -2.34. The molecule has 6 heteroatoms. The Labute approximate surface area is 153 Å². The van der Waals surface area contributed by atoms with Crippen molar-refractivity contribution in [1.29, 1.82) is 0 Å². The maximum atomic E-state index is 12.8. The molecule has 0 spiro atoms. The summed E-state index contributed by atoms with van der Waals surface area (Å²) in [5.74, 6) is 0. The van der Waals surface area contributed by atoms with Gasteiger partial charge >= 0.3 is 6.03 Å². The highest BCUT2D eigenvalue weighted by atomic mass is 35.5. The van der Waals surface area contributed by atoms with Crippen LogP contribution in [0.5, 0.6) is 0 Å². The highest BCUT2D eigenvalue weighted by Crippen LogP contribution is 2.37. The number of nitrogens with zero attached hydrogens (tertiary/aromatic N) is 3. The first-order valence-corrected chi connectivity index (χ1v) is 8.91. The number of ether oxygens (including phenoxy) is 1. The van der Waals surface area contributed by atoms with Crippen molar-refractivity contribution in [3.05, 3.63) is 53.6 Å². The number of carbonyl (C=O) groups is 1. The van der Waals surface area contributed by atoms with Crippen molar-refractivity contribution in [2.24, 2.45) is 0 Å². The van der Waals surface area contributed by atoms with Gasteiger partial charge in [-0.1, -0.05) is 23.7 Å². The third-order valence-electron chi connectivity index (χ3n) is 4.58. The molecule has 1 aromatic carbocycles. The lowest BCUT2D eigenvalue weighted by Crippen LogP contribution is -2.47. The molecule has 2 heterocycles. The number of halogens is 1. The van der Waals surface area contributed by atoms with E-state index in [9.17, 15) is 4.79 Å². The molecule has 1 atom stereocenters. The van der Waals surface area contributed by atoms with E-state index < -0.39 is 5.72 Å². The van der Waals surface area contributed by atoms with Crippen LogP contribution in [0.3, 0.4) is 0 Å². The summed E-state index contributed by atoms with van der Waals surface area (Å²) in [7, 11) is 0. The molecule has 3 rings (SSSR count). The van der Waals surface area contributed by atoms with E-state index in [1.165, 1.54) is 16.5 Å². The maximum Gasteiger partial charge on any atom is 0.331 e. The zero-order valence-electron chi connectivity index (χ0n) is 14.9. The Balaban J connectivity index is 1.69. The standard InChI is InChI=1S/C19H24ClN3O2/c1-18(2)13-23(17(24)22-12-11-21-14-22)19(3,25-18)10-4-5-15-6-8-16(20)9-7-15/h6-9,11-12,14H,4-5,10,13H2,1-3H3. The van der Waals surface area contributed by atoms with Crippen LogP contribution in [0, 0.1) is 0 Å². The monoisotopic (exact) mass is 361 g/mol. The molecule has 1 amide bonds. The van der Waals surface area contributed by atoms with Gasteiger partial charge in [-0.15, -0.1) is 0 Å². The Morgan fingerprint density at radius 3 is 2.64 bits per heavy atom. The second kappa shape index (κ2) is 6.81. The molecule has 1 unspecified atom stereocenters. The number of aryl methyl sites for hydroxylation is 1. The van der Waals surface area contributed by atoms with Gasteiger partial charge in [0.15, 0.2) is 0 Å². The Hall–Kier alpha value is -1.85. The third kappa shape index (κ3) is 4.05.